The molecule has 7 nitrogen and oxygen atoms in total. The van der Waals surface area contributed by atoms with Crippen molar-refractivity contribution in [2.24, 2.45) is 0 Å². The Labute approximate surface area is 191 Å². The normalized spacial score (nSPS) is 22.2. The number of rotatable bonds is 8. The molecule has 180 valence electrons. The number of amides is 1. The molecule has 3 N–H and O–H groups in total. The number of carbonyl (C=O) groups is 1. The van der Waals surface area contributed by atoms with E-state index >= 15 is 0 Å². The lowest BCUT2D eigenvalue weighted by Crippen LogP contribution is -2.63. The summed E-state index contributed by atoms with van der Waals surface area (Å²) in [6.07, 6.45) is 2.74. The number of nitrogens with one attached hydrogen (secondary N) is 3. The maximum absolute atomic E-state index is 13.1. The topological polar surface area (TPSA) is 82.2 Å². The van der Waals surface area contributed by atoms with Crippen molar-refractivity contribution in [1.82, 2.24) is 25.5 Å². The van der Waals surface area contributed by atoms with Gasteiger partial charge in [0.05, 0.1) is 23.7 Å². The largest absolute Gasteiger partial charge is 0.416 e. The van der Waals surface area contributed by atoms with Gasteiger partial charge in [0.25, 0.3) is 0 Å². The molecule has 1 aliphatic carbocycles. The van der Waals surface area contributed by atoms with Crippen LogP contribution in [-0.4, -0.2) is 65.1 Å². The highest BCUT2D eigenvalue weighted by Crippen LogP contribution is 2.32. The van der Waals surface area contributed by atoms with Gasteiger partial charge in [0.2, 0.25) is 5.91 Å². The van der Waals surface area contributed by atoms with Crippen molar-refractivity contribution in [3.05, 3.63) is 30.1 Å². The maximum Gasteiger partial charge on any atom is 0.416 e. The fraction of sp³-hybridized carbons (Fsp3) is 0.609. The van der Waals surface area contributed by atoms with E-state index in [2.05, 4.69) is 37.7 Å². The Bertz CT molecular complexity index is 955. The molecule has 10 heteroatoms. The fourth-order valence-corrected chi connectivity index (χ4v) is 4.71. The number of likely N-dealkylation sites (tertiary alicyclic amines) is 1. The molecule has 2 aliphatic rings. The summed E-state index contributed by atoms with van der Waals surface area (Å²) in [5, 5.41) is 9.70. The number of hydrogen-bond donors (Lipinski definition) is 3. The van der Waals surface area contributed by atoms with E-state index in [-0.39, 0.29) is 29.7 Å². The highest BCUT2D eigenvalue weighted by atomic mass is 19.4. The van der Waals surface area contributed by atoms with Crippen molar-refractivity contribution in [3.8, 4) is 0 Å². The van der Waals surface area contributed by atoms with E-state index in [1.54, 1.807) is 0 Å². The number of halogens is 3. The van der Waals surface area contributed by atoms with Crippen molar-refractivity contribution < 1.29 is 18.0 Å². The van der Waals surface area contributed by atoms with Crippen LogP contribution in [-0.2, 0) is 11.0 Å². The van der Waals surface area contributed by atoms with Crippen molar-refractivity contribution in [2.45, 2.75) is 63.3 Å². The first kappa shape index (κ1) is 23.7. The molecule has 0 spiro atoms. The molecule has 0 radical (unpaired) electrons. The Morgan fingerprint density at radius 2 is 1.88 bits per heavy atom. The Morgan fingerprint density at radius 1 is 1.12 bits per heavy atom. The van der Waals surface area contributed by atoms with Gasteiger partial charge in [0.15, 0.2) is 0 Å². The molecular formula is C23H31F3N6O. The van der Waals surface area contributed by atoms with Gasteiger partial charge in [-0.25, -0.2) is 9.97 Å². The number of alkyl halides is 3. The van der Waals surface area contributed by atoms with E-state index in [4.69, 9.17) is 0 Å². The summed E-state index contributed by atoms with van der Waals surface area (Å²) < 4.78 is 39.2. The minimum atomic E-state index is -4.46. The zero-order chi connectivity index (χ0) is 23.4. The third kappa shape index (κ3) is 5.92. The van der Waals surface area contributed by atoms with Gasteiger partial charge in [-0.2, -0.15) is 13.2 Å². The van der Waals surface area contributed by atoms with E-state index in [1.807, 2.05) is 0 Å². The summed E-state index contributed by atoms with van der Waals surface area (Å²) in [6.45, 7) is 4.88. The quantitative estimate of drug-likeness (QED) is 0.557. The van der Waals surface area contributed by atoms with Crippen LogP contribution in [0, 0.1) is 0 Å². The second-order valence-corrected chi connectivity index (χ2v) is 8.98. The molecule has 4 rings (SSSR count). The Kier molecular flexibility index (Phi) is 7.33. The van der Waals surface area contributed by atoms with Gasteiger partial charge in [-0.05, 0) is 56.8 Å². The van der Waals surface area contributed by atoms with Crippen LogP contribution in [0.1, 0.15) is 44.6 Å². The van der Waals surface area contributed by atoms with E-state index < -0.39 is 11.7 Å². The first-order chi connectivity index (χ1) is 15.8. The van der Waals surface area contributed by atoms with Crippen LogP contribution < -0.4 is 16.0 Å². The molecule has 0 unspecified atom stereocenters. The third-order valence-electron chi connectivity index (χ3n) is 6.55. The number of anilines is 1. The van der Waals surface area contributed by atoms with Gasteiger partial charge in [0, 0.05) is 30.6 Å². The SMILES string of the molecule is CCCN[C@H]1CC[C@H](N2CC(NC(=O)CNc3ncnc4ccc(C(F)(F)F)cc34)C2)CC1. The Hall–Kier alpha value is -2.46. The van der Waals surface area contributed by atoms with Gasteiger partial charge in [-0.1, -0.05) is 6.92 Å². The van der Waals surface area contributed by atoms with Crippen LogP contribution in [0.3, 0.4) is 0 Å². The fourth-order valence-electron chi connectivity index (χ4n) is 4.71. The van der Waals surface area contributed by atoms with Crippen molar-refractivity contribution in [1.29, 1.82) is 0 Å². The average Bonchev–Trinajstić information content (AvgIpc) is 2.78. The number of nitrogens with zero attached hydrogens (tertiary/aromatic N) is 3. The van der Waals surface area contributed by atoms with Gasteiger partial charge in [-0.3, -0.25) is 9.69 Å². The maximum atomic E-state index is 13.1. The Morgan fingerprint density at radius 3 is 2.58 bits per heavy atom. The first-order valence-corrected chi connectivity index (χ1v) is 11.7. The molecule has 2 fully saturated rings. The monoisotopic (exact) mass is 464 g/mol. The lowest BCUT2D eigenvalue weighted by Gasteiger charge is -2.46. The molecule has 1 amide bonds. The van der Waals surface area contributed by atoms with Crippen LogP contribution in [0.5, 0.6) is 0 Å². The number of benzene rings is 1. The van der Waals surface area contributed by atoms with Crippen molar-refractivity contribution >= 4 is 22.6 Å². The van der Waals surface area contributed by atoms with E-state index in [0.717, 1.165) is 38.2 Å². The molecule has 33 heavy (non-hydrogen) atoms. The number of carbonyl (C=O) groups excluding carboxylic acids is 1. The molecule has 0 atom stereocenters. The summed E-state index contributed by atoms with van der Waals surface area (Å²) in [7, 11) is 0. The van der Waals surface area contributed by atoms with Crippen LogP contribution in [0.4, 0.5) is 19.0 Å². The molecule has 2 aromatic rings. The minimum Gasteiger partial charge on any atom is -0.360 e. The molecule has 1 saturated carbocycles. The standard InChI is InChI=1S/C23H31F3N6O/c1-2-9-27-16-4-6-18(7-5-16)32-12-17(13-32)31-21(33)11-28-22-19-10-15(23(24,25)26)3-8-20(19)29-14-30-22/h3,8,10,14,16-18,27H,2,4-7,9,11-13H2,1H3,(H,31,33)(H,28,29,30)/t16-,18-. The molecule has 1 aromatic carbocycles. The highest BCUT2D eigenvalue weighted by molar-refractivity contribution is 5.91. The van der Waals surface area contributed by atoms with Crippen LogP contribution in [0.25, 0.3) is 10.9 Å². The van der Waals surface area contributed by atoms with Gasteiger partial charge < -0.3 is 16.0 Å². The summed E-state index contributed by atoms with van der Waals surface area (Å²) in [5.41, 5.74) is -0.391. The average molecular weight is 465 g/mol. The molecule has 1 aromatic heterocycles. The predicted molar refractivity (Wildman–Crippen MR) is 121 cm³/mol. The number of fused-ring (bicyclic) bond motifs is 1. The van der Waals surface area contributed by atoms with Crippen molar-refractivity contribution in [3.63, 3.8) is 0 Å². The van der Waals surface area contributed by atoms with Crippen LogP contribution in [0.15, 0.2) is 24.5 Å². The van der Waals surface area contributed by atoms with E-state index in [9.17, 15) is 18.0 Å². The lowest BCUT2D eigenvalue weighted by atomic mass is 9.88. The van der Waals surface area contributed by atoms with Crippen molar-refractivity contribution in [2.75, 3.05) is 31.5 Å². The summed E-state index contributed by atoms with van der Waals surface area (Å²) >= 11 is 0. The van der Waals surface area contributed by atoms with Gasteiger partial charge in [0.1, 0.15) is 12.1 Å². The summed E-state index contributed by atoms with van der Waals surface area (Å²) in [5.74, 6) is 0.00999. The summed E-state index contributed by atoms with van der Waals surface area (Å²) in [6, 6.07) is 4.63. The minimum absolute atomic E-state index is 0.0624. The third-order valence-corrected chi connectivity index (χ3v) is 6.55. The highest BCUT2D eigenvalue weighted by Gasteiger charge is 2.35. The lowest BCUT2D eigenvalue weighted by molar-refractivity contribution is -0.137. The molecule has 1 saturated heterocycles. The number of aromatic nitrogens is 2. The van der Waals surface area contributed by atoms with Gasteiger partial charge in [-0.15, -0.1) is 0 Å². The first-order valence-electron chi connectivity index (χ1n) is 11.7. The summed E-state index contributed by atoms with van der Waals surface area (Å²) in [4.78, 5) is 22.9. The Balaban J connectivity index is 1.23. The number of hydrogen-bond acceptors (Lipinski definition) is 6. The smallest absolute Gasteiger partial charge is 0.360 e. The van der Waals surface area contributed by atoms with Gasteiger partial charge >= 0.3 is 6.18 Å². The zero-order valence-electron chi connectivity index (χ0n) is 18.8. The second-order valence-electron chi connectivity index (χ2n) is 8.98. The molecule has 1 aliphatic heterocycles. The molecule has 2 heterocycles. The van der Waals surface area contributed by atoms with E-state index in [1.165, 1.54) is 38.1 Å². The van der Waals surface area contributed by atoms with Crippen LogP contribution in [0.2, 0.25) is 0 Å². The predicted octanol–water partition coefficient (Wildman–Crippen LogP) is 3.17. The van der Waals surface area contributed by atoms with Crippen LogP contribution >= 0.6 is 0 Å². The van der Waals surface area contributed by atoms with E-state index in [0.29, 0.717) is 17.6 Å². The molecule has 0 bridgehead atoms. The molecular weight excluding hydrogens is 433 g/mol. The zero-order valence-corrected chi connectivity index (χ0v) is 18.8. The second kappa shape index (κ2) is 10.2.